The van der Waals surface area contributed by atoms with E-state index in [1.165, 1.54) is 21.6 Å². The minimum atomic E-state index is 0.0937. The molecule has 0 bridgehead atoms. The van der Waals surface area contributed by atoms with Crippen molar-refractivity contribution in [3.63, 3.8) is 0 Å². The first-order valence-electron chi connectivity index (χ1n) is 7.26. The van der Waals surface area contributed by atoms with Crippen molar-refractivity contribution in [3.05, 3.63) is 56.8 Å². The lowest BCUT2D eigenvalue weighted by atomic mass is 9.98. The second kappa shape index (κ2) is 6.00. The molecule has 0 radical (unpaired) electrons. The number of thiophene rings is 1. The van der Waals surface area contributed by atoms with Gasteiger partial charge in [0.1, 0.15) is 0 Å². The molecule has 2 aromatic rings. The summed E-state index contributed by atoms with van der Waals surface area (Å²) in [7, 11) is 1.87. The number of amides is 1. The Morgan fingerprint density at radius 3 is 2.95 bits per heavy atom. The van der Waals surface area contributed by atoms with E-state index in [2.05, 4.69) is 29.8 Å². The van der Waals surface area contributed by atoms with E-state index < -0.39 is 0 Å². The summed E-state index contributed by atoms with van der Waals surface area (Å²) in [5, 5.41) is 5.43. The van der Waals surface area contributed by atoms with Crippen LogP contribution in [0.3, 0.4) is 0 Å². The summed E-state index contributed by atoms with van der Waals surface area (Å²) < 4.78 is 0. The van der Waals surface area contributed by atoms with Gasteiger partial charge in [0.2, 0.25) is 0 Å². The second-order valence-corrected chi connectivity index (χ2v) is 6.60. The van der Waals surface area contributed by atoms with Crippen molar-refractivity contribution in [1.29, 1.82) is 0 Å². The smallest absolute Gasteiger partial charge is 0.253 e. The van der Waals surface area contributed by atoms with Crippen LogP contribution in [0.25, 0.3) is 0 Å². The number of fused-ring (bicyclic) bond motifs is 1. The fourth-order valence-corrected chi connectivity index (χ4v) is 3.65. The zero-order valence-corrected chi connectivity index (χ0v) is 13.3. The van der Waals surface area contributed by atoms with E-state index in [1.54, 1.807) is 16.2 Å². The minimum absolute atomic E-state index is 0.0937. The largest absolute Gasteiger partial charge is 0.337 e. The molecule has 1 N–H and O–H groups in total. The number of hydrogen-bond acceptors (Lipinski definition) is 3. The first-order chi connectivity index (χ1) is 10.1. The summed E-state index contributed by atoms with van der Waals surface area (Å²) in [6.45, 7) is 4.66. The molecule has 1 aliphatic rings. The molecule has 3 rings (SSSR count). The van der Waals surface area contributed by atoms with Gasteiger partial charge >= 0.3 is 0 Å². The fraction of sp³-hybridized carbons (Fsp3) is 0.353. The Balaban J connectivity index is 1.76. The van der Waals surface area contributed by atoms with Crippen LogP contribution in [0.4, 0.5) is 0 Å². The third-order valence-corrected chi connectivity index (χ3v) is 5.04. The van der Waals surface area contributed by atoms with E-state index in [0.717, 1.165) is 25.1 Å². The van der Waals surface area contributed by atoms with Gasteiger partial charge in [-0.1, -0.05) is 6.07 Å². The van der Waals surface area contributed by atoms with Crippen LogP contribution < -0.4 is 5.32 Å². The van der Waals surface area contributed by atoms with Crippen LogP contribution in [0.2, 0.25) is 0 Å². The van der Waals surface area contributed by atoms with Gasteiger partial charge in [-0.2, -0.15) is 0 Å². The van der Waals surface area contributed by atoms with Gasteiger partial charge in [-0.3, -0.25) is 4.79 Å². The van der Waals surface area contributed by atoms with E-state index in [-0.39, 0.29) is 5.91 Å². The van der Waals surface area contributed by atoms with Crippen molar-refractivity contribution in [2.45, 2.75) is 26.4 Å². The topological polar surface area (TPSA) is 32.3 Å². The van der Waals surface area contributed by atoms with Gasteiger partial charge in [0, 0.05) is 24.0 Å². The van der Waals surface area contributed by atoms with Gasteiger partial charge in [-0.05, 0) is 60.2 Å². The fourth-order valence-electron chi connectivity index (χ4n) is 2.69. The van der Waals surface area contributed by atoms with Gasteiger partial charge in [-0.25, -0.2) is 0 Å². The van der Waals surface area contributed by atoms with Crippen LogP contribution in [0.1, 0.15) is 31.9 Å². The molecule has 1 amide bonds. The first kappa shape index (κ1) is 14.3. The van der Waals surface area contributed by atoms with E-state index in [9.17, 15) is 4.79 Å². The molecule has 0 unspecified atom stereocenters. The predicted octanol–water partition coefficient (Wildman–Crippen LogP) is 2.97. The van der Waals surface area contributed by atoms with Crippen LogP contribution in [-0.4, -0.2) is 24.4 Å². The summed E-state index contributed by atoms with van der Waals surface area (Å²) in [5.41, 5.74) is 4.67. The molecule has 4 heteroatoms. The van der Waals surface area contributed by atoms with Crippen LogP contribution in [-0.2, 0) is 19.5 Å². The third kappa shape index (κ3) is 3.01. The molecule has 21 heavy (non-hydrogen) atoms. The highest BCUT2D eigenvalue weighted by atomic mass is 32.1. The van der Waals surface area contributed by atoms with E-state index in [1.807, 2.05) is 19.2 Å². The van der Waals surface area contributed by atoms with E-state index in [4.69, 9.17) is 0 Å². The number of carbonyl (C=O) groups excluding carboxylic acids is 1. The average Bonchev–Trinajstić information content (AvgIpc) is 2.91. The molecule has 0 fully saturated rings. The summed E-state index contributed by atoms with van der Waals surface area (Å²) >= 11 is 1.71. The molecular formula is C17H20N2OS. The maximum atomic E-state index is 12.6. The quantitative estimate of drug-likeness (QED) is 0.945. The van der Waals surface area contributed by atoms with Gasteiger partial charge < -0.3 is 10.2 Å². The number of carbonyl (C=O) groups is 1. The molecule has 2 heterocycles. The van der Waals surface area contributed by atoms with Crippen molar-refractivity contribution in [2.24, 2.45) is 0 Å². The molecule has 1 aliphatic heterocycles. The van der Waals surface area contributed by atoms with Gasteiger partial charge in [0.25, 0.3) is 5.91 Å². The average molecular weight is 300 g/mol. The van der Waals surface area contributed by atoms with Crippen molar-refractivity contribution < 1.29 is 4.79 Å². The van der Waals surface area contributed by atoms with E-state index >= 15 is 0 Å². The maximum absolute atomic E-state index is 12.6. The normalized spacial score (nSPS) is 13.8. The highest BCUT2D eigenvalue weighted by Gasteiger charge is 2.16. The van der Waals surface area contributed by atoms with E-state index in [0.29, 0.717) is 6.54 Å². The molecule has 1 aromatic heterocycles. The molecule has 1 aromatic carbocycles. The zero-order chi connectivity index (χ0) is 14.8. The lowest BCUT2D eigenvalue weighted by molar-refractivity contribution is 0.0786. The molecule has 0 atom stereocenters. The Morgan fingerprint density at radius 1 is 1.33 bits per heavy atom. The van der Waals surface area contributed by atoms with Crippen molar-refractivity contribution >= 4 is 17.2 Å². The van der Waals surface area contributed by atoms with Crippen molar-refractivity contribution in [3.8, 4) is 0 Å². The number of nitrogens with one attached hydrogen (secondary N) is 1. The monoisotopic (exact) mass is 300 g/mol. The number of hydrogen-bond donors (Lipinski definition) is 1. The summed E-state index contributed by atoms with van der Waals surface area (Å²) in [5.74, 6) is 0.0937. The highest BCUT2D eigenvalue weighted by Crippen LogP contribution is 2.20. The molecule has 3 nitrogen and oxygen atoms in total. The Morgan fingerprint density at radius 2 is 2.19 bits per heavy atom. The summed E-state index contributed by atoms with van der Waals surface area (Å²) in [4.78, 5) is 15.6. The third-order valence-electron chi connectivity index (χ3n) is 4.04. The summed E-state index contributed by atoms with van der Waals surface area (Å²) in [6, 6.07) is 8.21. The molecule has 0 saturated heterocycles. The predicted molar refractivity (Wildman–Crippen MR) is 86.7 cm³/mol. The van der Waals surface area contributed by atoms with Crippen LogP contribution >= 0.6 is 11.3 Å². The summed E-state index contributed by atoms with van der Waals surface area (Å²) in [6.07, 6.45) is 1.05. The molecular weight excluding hydrogens is 280 g/mol. The standard InChI is InChI=1S/C17H20N2OS/c1-12-6-8-21-16(12)11-19(2)17(20)14-4-3-13-5-7-18-10-15(13)9-14/h3-4,6,8-9,18H,5,7,10-11H2,1-2H3. The maximum Gasteiger partial charge on any atom is 0.253 e. The van der Waals surface area contributed by atoms with Crippen molar-refractivity contribution in [2.75, 3.05) is 13.6 Å². The van der Waals surface area contributed by atoms with Gasteiger partial charge in [-0.15, -0.1) is 11.3 Å². The highest BCUT2D eigenvalue weighted by molar-refractivity contribution is 7.10. The minimum Gasteiger partial charge on any atom is -0.337 e. The lowest BCUT2D eigenvalue weighted by Gasteiger charge is -2.20. The van der Waals surface area contributed by atoms with Crippen molar-refractivity contribution in [1.82, 2.24) is 10.2 Å². The second-order valence-electron chi connectivity index (χ2n) is 5.60. The number of aryl methyl sites for hydroxylation is 1. The molecule has 0 saturated carbocycles. The Kier molecular flexibility index (Phi) is 4.08. The van der Waals surface area contributed by atoms with Crippen LogP contribution in [0.5, 0.6) is 0 Å². The Hall–Kier alpha value is -1.65. The van der Waals surface area contributed by atoms with Crippen LogP contribution in [0.15, 0.2) is 29.6 Å². The number of rotatable bonds is 3. The SMILES string of the molecule is Cc1ccsc1CN(C)C(=O)c1ccc2c(c1)CNCC2. The van der Waals surface area contributed by atoms with Gasteiger partial charge in [0.05, 0.1) is 6.54 Å². The number of nitrogens with zero attached hydrogens (tertiary/aromatic N) is 1. The zero-order valence-electron chi connectivity index (χ0n) is 12.5. The number of benzene rings is 1. The first-order valence-corrected chi connectivity index (χ1v) is 8.14. The van der Waals surface area contributed by atoms with Gasteiger partial charge in [0.15, 0.2) is 0 Å². The molecule has 110 valence electrons. The Bertz CT molecular complexity index is 663. The Labute approximate surface area is 129 Å². The molecule has 0 spiro atoms. The molecule has 0 aliphatic carbocycles. The lowest BCUT2D eigenvalue weighted by Crippen LogP contribution is -2.27. The van der Waals surface area contributed by atoms with Crippen LogP contribution in [0, 0.1) is 6.92 Å².